The number of nitrogens with zero attached hydrogens (tertiary/aromatic N) is 4. The van der Waals surface area contributed by atoms with Crippen LogP contribution >= 0.6 is 0 Å². The van der Waals surface area contributed by atoms with E-state index in [-0.39, 0.29) is 6.61 Å². The molecule has 0 bridgehead atoms. The highest BCUT2D eigenvalue weighted by molar-refractivity contribution is 5.90. The van der Waals surface area contributed by atoms with Gasteiger partial charge in [-0.25, -0.2) is 9.78 Å². The Labute approximate surface area is 145 Å². The lowest BCUT2D eigenvalue weighted by atomic mass is 10.2. The van der Waals surface area contributed by atoms with Crippen LogP contribution in [0.5, 0.6) is 6.01 Å². The molecule has 0 aliphatic heterocycles. The van der Waals surface area contributed by atoms with Crippen molar-refractivity contribution in [1.29, 1.82) is 5.26 Å². The van der Waals surface area contributed by atoms with Crippen molar-refractivity contribution in [3.8, 4) is 12.1 Å². The molecule has 1 aromatic carbocycles. The molecule has 0 amide bonds. The second-order valence-corrected chi connectivity index (χ2v) is 4.69. The molecule has 2 aromatic rings. The second kappa shape index (κ2) is 8.06. The molecule has 0 unspecified atom stereocenters. The fourth-order valence-electron chi connectivity index (χ4n) is 1.76. The van der Waals surface area contributed by atoms with E-state index in [1.165, 1.54) is 25.3 Å². The number of benzene rings is 1. The fraction of sp³-hybridized carbons (Fsp3) is 0.188. The Morgan fingerprint density at radius 3 is 2.62 bits per heavy atom. The highest BCUT2D eigenvalue weighted by Crippen LogP contribution is 2.31. The van der Waals surface area contributed by atoms with Crippen molar-refractivity contribution in [3.05, 3.63) is 52.8 Å². The molecule has 134 valence electrons. The fourth-order valence-corrected chi connectivity index (χ4v) is 1.76. The average Bonchev–Trinajstić information content (AvgIpc) is 2.61. The quantitative estimate of drug-likeness (QED) is 0.460. The van der Waals surface area contributed by atoms with E-state index < -0.39 is 29.4 Å². The third-order valence-electron chi connectivity index (χ3n) is 2.91. The summed E-state index contributed by atoms with van der Waals surface area (Å²) in [6, 6.07) is 7.46. The monoisotopic (exact) mass is 364 g/mol. The van der Waals surface area contributed by atoms with Crippen molar-refractivity contribution < 1.29 is 27.5 Å². The summed E-state index contributed by atoms with van der Waals surface area (Å²) in [7, 11) is 0. The van der Waals surface area contributed by atoms with E-state index >= 15 is 0 Å². The van der Waals surface area contributed by atoms with Crippen molar-refractivity contribution in [2.24, 2.45) is 5.16 Å². The van der Waals surface area contributed by atoms with Crippen LogP contribution in [0.2, 0.25) is 0 Å². The van der Waals surface area contributed by atoms with Crippen molar-refractivity contribution in [2.75, 3.05) is 6.61 Å². The Kier molecular flexibility index (Phi) is 5.85. The first-order chi connectivity index (χ1) is 12.3. The van der Waals surface area contributed by atoms with Crippen LogP contribution in [0.4, 0.5) is 13.2 Å². The molecule has 26 heavy (non-hydrogen) atoms. The summed E-state index contributed by atoms with van der Waals surface area (Å²) in [5.41, 5.74) is -1.31. The molecule has 2 rings (SSSR count). The number of aromatic nitrogens is 2. The predicted molar refractivity (Wildman–Crippen MR) is 82.4 cm³/mol. The zero-order valence-corrected chi connectivity index (χ0v) is 13.3. The molecule has 0 radical (unpaired) electrons. The number of alkyl halides is 3. The maximum absolute atomic E-state index is 13.1. The van der Waals surface area contributed by atoms with Crippen LogP contribution in [-0.2, 0) is 10.9 Å². The van der Waals surface area contributed by atoms with Crippen LogP contribution in [0, 0.1) is 11.3 Å². The van der Waals surface area contributed by atoms with Crippen molar-refractivity contribution in [1.82, 2.24) is 9.97 Å². The number of halogens is 3. The van der Waals surface area contributed by atoms with Gasteiger partial charge in [-0.15, -0.1) is 0 Å². The Balaban J connectivity index is 2.20. The van der Waals surface area contributed by atoms with Gasteiger partial charge in [-0.2, -0.15) is 23.4 Å². The normalized spacial score (nSPS) is 11.2. The first-order valence-corrected chi connectivity index (χ1v) is 7.17. The lowest BCUT2D eigenvalue weighted by molar-refractivity contribution is -0.142. The molecule has 1 aromatic heterocycles. The molecular weight excluding hydrogens is 353 g/mol. The van der Waals surface area contributed by atoms with Gasteiger partial charge in [0.25, 0.3) is 0 Å². The van der Waals surface area contributed by atoms with Crippen LogP contribution in [0.15, 0.2) is 35.6 Å². The Hall–Kier alpha value is -3.48. The highest BCUT2D eigenvalue weighted by Gasteiger charge is 2.39. The first kappa shape index (κ1) is 18.9. The van der Waals surface area contributed by atoms with Crippen LogP contribution in [-0.4, -0.2) is 28.8 Å². The number of ether oxygens (including phenoxy) is 1. The number of nitriles is 1. The first-order valence-electron chi connectivity index (χ1n) is 7.17. The van der Waals surface area contributed by atoms with Gasteiger partial charge in [-0.3, -0.25) is 0 Å². The lowest BCUT2D eigenvalue weighted by Gasteiger charge is -2.10. The molecule has 0 fully saturated rings. The van der Waals surface area contributed by atoms with Gasteiger partial charge in [0.15, 0.2) is 5.69 Å². The maximum Gasteiger partial charge on any atom is 0.434 e. The minimum absolute atomic E-state index is 0.0940. The third-order valence-corrected chi connectivity index (χ3v) is 2.91. The number of esters is 1. The van der Waals surface area contributed by atoms with E-state index in [9.17, 15) is 18.0 Å². The number of oxime groups is 1. The molecular formula is C16H11F3N4O3. The SMILES string of the molecule is CCOC(=O)c1cnc(O/N=C/c2ccc(C#N)cc2)nc1C(F)(F)F. The standard InChI is InChI=1S/C16H11F3N4O3/c1-2-25-14(24)12-9-21-15(23-13(12)16(17,18)19)26-22-8-11-5-3-10(7-20)4-6-11/h3-6,8-9H,2H2,1H3/b22-8+. The van der Waals surface area contributed by atoms with Gasteiger partial charge in [0.2, 0.25) is 0 Å². The van der Waals surface area contributed by atoms with Gasteiger partial charge < -0.3 is 9.57 Å². The van der Waals surface area contributed by atoms with Gasteiger partial charge in [0.05, 0.1) is 24.5 Å². The van der Waals surface area contributed by atoms with Crippen molar-refractivity contribution >= 4 is 12.2 Å². The molecule has 0 aliphatic carbocycles. The number of carbonyl (C=O) groups is 1. The highest BCUT2D eigenvalue weighted by atomic mass is 19.4. The van der Waals surface area contributed by atoms with Gasteiger partial charge in [-0.05, 0) is 24.6 Å². The summed E-state index contributed by atoms with van der Waals surface area (Å²) in [5, 5.41) is 12.2. The second-order valence-electron chi connectivity index (χ2n) is 4.69. The number of hydrogen-bond acceptors (Lipinski definition) is 7. The zero-order chi connectivity index (χ0) is 19.2. The van der Waals surface area contributed by atoms with E-state index in [0.717, 1.165) is 0 Å². The molecule has 0 aliphatic rings. The summed E-state index contributed by atoms with van der Waals surface area (Å²) in [4.78, 5) is 23.0. The molecule has 0 spiro atoms. The minimum Gasteiger partial charge on any atom is -0.462 e. The van der Waals surface area contributed by atoms with Gasteiger partial charge in [-0.1, -0.05) is 17.3 Å². The number of hydrogen-bond donors (Lipinski definition) is 0. The third kappa shape index (κ3) is 4.76. The van der Waals surface area contributed by atoms with Gasteiger partial charge in [0, 0.05) is 6.20 Å². The summed E-state index contributed by atoms with van der Waals surface area (Å²) in [5.74, 6) is -1.19. The van der Waals surface area contributed by atoms with Crippen molar-refractivity contribution in [3.63, 3.8) is 0 Å². The lowest BCUT2D eigenvalue weighted by Crippen LogP contribution is -2.18. The summed E-state index contributed by atoms with van der Waals surface area (Å²) < 4.78 is 43.8. The van der Waals surface area contributed by atoms with Crippen LogP contribution in [0.1, 0.15) is 34.1 Å². The van der Waals surface area contributed by atoms with E-state index in [4.69, 9.17) is 10.1 Å². The largest absolute Gasteiger partial charge is 0.462 e. The molecule has 1 heterocycles. The zero-order valence-electron chi connectivity index (χ0n) is 13.3. The van der Waals surface area contributed by atoms with Crippen LogP contribution < -0.4 is 4.84 Å². The average molecular weight is 364 g/mol. The van der Waals surface area contributed by atoms with Crippen LogP contribution in [0.3, 0.4) is 0 Å². The summed E-state index contributed by atoms with van der Waals surface area (Å²) in [6.07, 6.45) is -3.03. The smallest absolute Gasteiger partial charge is 0.434 e. The molecule has 7 nitrogen and oxygen atoms in total. The number of rotatable bonds is 5. The molecule has 0 saturated heterocycles. The van der Waals surface area contributed by atoms with Gasteiger partial charge in [0.1, 0.15) is 5.56 Å². The van der Waals surface area contributed by atoms with Crippen LogP contribution in [0.25, 0.3) is 0 Å². The van der Waals surface area contributed by atoms with E-state index in [1.807, 2.05) is 6.07 Å². The molecule has 0 saturated carbocycles. The van der Waals surface area contributed by atoms with Crippen molar-refractivity contribution in [2.45, 2.75) is 13.1 Å². The predicted octanol–water partition coefficient (Wildman–Crippen LogP) is 2.96. The Morgan fingerprint density at radius 1 is 1.35 bits per heavy atom. The van der Waals surface area contributed by atoms with Gasteiger partial charge >= 0.3 is 18.2 Å². The maximum atomic E-state index is 13.1. The number of carbonyl (C=O) groups excluding carboxylic acids is 1. The summed E-state index contributed by atoms with van der Waals surface area (Å²) >= 11 is 0. The molecule has 0 atom stereocenters. The molecule has 0 N–H and O–H groups in total. The minimum atomic E-state index is -4.90. The summed E-state index contributed by atoms with van der Waals surface area (Å²) in [6.45, 7) is 1.37. The van der Waals surface area contributed by atoms with E-state index in [0.29, 0.717) is 17.3 Å². The topological polar surface area (TPSA) is 97.5 Å². The van der Waals surface area contributed by atoms with E-state index in [2.05, 4.69) is 19.9 Å². The van der Waals surface area contributed by atoms with E-state index in [1.54, 1.807) is 12.1 Å². The Bertz CT molecular complexity index is 859. The molecule has 10 heteroatoms. The Morgan fingerprint density at radius 2 is 2.04 bits per heavy atom.